The van der Waals surface area contributed by atoms with Gasteiger partial charge in [-0.05, 0) is 57.0 Å². The second-order valence-corrected chi connectivity index (χ2v) is 5.95. The smallest absolute Gasteiger partial charge is 0.262 e. The Balaban J connectivity index is 2.39. The highest BCUT2D eigenvalue weighted by molar-refractivity contribution is 6.02. The van der Waals surface area contributed by atoms with Gasteiger partial charge in [-0.3, -0.25) is 4.79 Å². The number of rotatable bonds is 5. The SMILES string of the molecule is CC[C@@H](C)NC(=O)/C(C#N)=C/c1cc(C)n(-c2ccccc2)c1C. The van der Waals surface area contributed by atoms with Crippen molar-refractivity contribution in [3.05, 3.63) is 58.9 Å². The van der Waals surface area contributed by atoms with Crippen LogP contribution in [0.25, 0.3) is 11.8 Å². The van der Waals surface area contributed by atoms with Gasteiger partial charge in [0.1, 0.15) is 11.6 Å². The average Bonchev–Trinajstić information content (AvgIpc) is 2.86. The van der Waals surface area contributed by atoms with Crippen LogP contribution in [0.15, 0.2) is 42.0 Å². The van der Waals surface area contributed by atoms with Crippen molar-refractivity contribution in [3.8, 4) is 11.8 Å². The van der Waals surface area contributed by atoms with Gasteiger partial charge in [-0.1, -0.05) is 25.1 Å². The quantitative estimate of drug-likeness (QED) is 0.670. The first-order valence-corrected chi connectivity index (χ1v) is 8.15. The van der Waals surface area contributed by atoms with E-state index in [1.165, 1.54) is 0 Å². The number of para-hydroxylation sites is 1. The van der Waals surface area contributed by atoms with E-state index in [0.717, 1.165) is 29.1 Å². The van der Waals surface area contributed by atoms with Crippen LogP contribution in [-0.4, -0.2) is 16.5 Å². The fourth-order valence-corrected chi connectivity index (χ4v) is 2.62. The molecular weight excluding hydrogens is 298 g/mol. The van der Waals surface area contributed by atoms with Gasteiger partial charge in [0, 0.05) is 23.1 Å². The van der Waals surface area contributed by atoms with E-state index in [0.29, 0.717) is 0 Å². The molecule has 124 valence electrons. The van der Waals surface area contributed by atoms with Gasteiger partial charge in [-0.2, -0.15) is 5.26 Å². The number of nitrogens with one attached hydrogen (secondary N) is 1. The molecule has 0 saturated carbocycles. The maximum absolute atomic E-state index is 12.2. The van der Waals surface area contributed by atoms with Gasteiger partial charge in [0.05, 0.1) is 0 Å². The molecule has 4 nitrogen and oxygen atoms in total. The first-order valence-electron chi connectivity index (χ1n) is 8.15. The number of hydrogen-bond donors (Lipinski definition) is 1. The summed E-state index contributed by atoms with van der Waals surface area (Å²) in [6.45, 7) is 7.93. The number of carbonyl (C=O) groups excluding carboxylic acids is 1. The molecule has 24 heavy (non-hydrogen) atoms. The molecule has 1 amide bonds. The molecule has 0 aliphatic rings. The number of nitrogens with zero attached hydrogens (tertiary/aromatic N) is 2. The summed E-state index contributed by atoms with van der Waals surface area (Å²) in [5.41, 5.74) is 4.14. The van der Waals surface area contributed by atoms with Crippen LogP contribution >= 0.6 is 0 Å². The number of amides is 1. The van der Waals surface area contributed by atoms with Crippen LogP contribution in [0.1, 0.15) is 37.2 Å². The topological polar surface area (TPSA) is 57.8 Å². The van der Waals surface area contributed by atoms with Crippen molar-refractivity contribution in [1.29, 1.82) is 5.26 Å². The predicted molar refractivity (Wildman–Crippen MR) is 96.7 cm³/mol. The molecule has 1 atom stereocenters. The highest BCUT2D eigenvalue weighted by Crippen LogP contribution is 2.22. The minimum absolute atomic E-state index is 0.0472. The summed E-state index contributed by atoms with van der Waals surface area (Å²) in [6.07, 6.45) is 2.49. The number of nitriles is 1. The fraction of sp³-hybridized carbons (Fsp3) is 0.300. The van der Waals surface area contributed by atoms with Crippen molar-refractivity contribution >= 4 is 12.0 Å². The Labute approximate surface area is 143 Å². The molecule has 0 radical (unpaired) electrons. The summed E-state index contributed by atoms with van der Waals surface area (Å²) in [5.74, 6) is -0.323. The number of carbonyl (C=O) groups is 1. The van der Waals surface area contributed by atoms with E-state index in [9.17, 15) is 10.1 Å². The van der Waals surface area contributed by atoms with Crippen LogP contribution in [0, 0.1) is 25.2 Å². The zero-order valence-electron chi connectivity index (χ0n) is 14.6. The third-order valence-corrected chi connectivity index (χ3v) is 4.14. The molecular formula is C20H23N3O. The van der Waals surface area contributed by atoms with Crippen molar-refractivity contribution in [2.45, 2.75) is 40.2 Å². The van der Waals surface area contributed by atoms with Gasteiger partial charge in [-0.15, -0.1) is 0 Å². The molecule has 4 heteroatoms. The van der Waals surface area contributed by atoms with E-state index >= 15 is 0 Å². The Morgan fingerprint density at radius 2 is 2.00 bits per heavy atom. The first kappa shape index (κ1) is 17.6. The van der Waals surface area contributed by atoms with E-state index in [4.69, 9.17) is 0 Å². The summed E-state index contributed by atoms with van der Waals surface area (Å²) in [6, 6.07) is 14.1. The minimum Gasteiger partial charge on any atom is -0.349 e. The summed E-state index contributed by atoms with van der Waals surface area (Å²) < 4.78 is 2.12. The largest absolute Gasteiger partial charge is 0.349 e. The second kappa shape index (κ2) is 7.65. The van der Waals surface area contributed by atoms with Gasteiger partial charge in [-0.25, -0.2) is 0 Å². The highest BCUT2D eigenvalue weighted by atomic mass is 16.1. The number of aryl methyl sites for hydroxylation is 1. The van der Waals surface area contributed by atoms with E-state index in [1.807, 2.05) is 70.2 Å². The molecule has 0 aliphatic carbocycles. The van der Waals surface area contributed by atoms with Crippen LogP contribution in [0.3, 0.4) is 0 Å². The molecule has 0 saturated heterocycles. The third kappa shape index (κ3) is 3.75. The van der Waals surface area contributed by atoms with Crippen molar-refractivity contribution in [2.75, 3.05) is 0 Å². The van der Waals surface area contributed by atoms with Gasteiger partial charge >= 0.3 is 0 Å². The molecule has 1 N–H and O–H groups in total. The molecule has 2 aromatic rings. The maximum Gasteiger partial charge on any atom is 0.262 e. The lowest BCUT2D eigenvalue weighted by molar-refractivity contribution is -0.117. The average molecular weight is 321 g/mol. The van der Waals surface area contributed by atoms with Gasteiger partial charge in [0.15, 0.2) is 0 Å². The van der Waals surface area contributed by atoms with Crippen molar-refractivity contribution in [2.24, 2.45) is 0 Å². The molecule has 1 aromatic heterocycles. The van der Waals surface area contributed by atoms with E-state index < -0.39 is 0 Å². The Hall–Kier alpha value is -2.80. The highest BCUT2D eigenvalue weighted by Gasteiger charge is 2.14. The molecule has 0 spiro atoms. The maximum atomic E-state index is 12.2. The van der Waals surface area contributed by atoms with Crippen LogP contribution in [0.2, 0.25) is 0 Å². The number of hydrogen-bond acceptors (Lipinski definition) is 2. The minimum atomic E-state index is -0.323. The van der Waals surface area contributed by atoms with Crippen LogP contribution in [0.5, 0.6) is 0 Å². The Kier molecular flexibility index (Phi) is 5.59. The lowest BCUT2D eigenvalue weighted by atomic mass is 10.1. The zero-order chi connectivity index (χ0) is 17.7. The summed E-state index contributed by atoms with van der Waals surface area (Å²) in [7, 11) is 0. The molecule has 1 aromatic carbocycles. The Morgan fingerprint density at radius 3 is 2.58 bits per heavy atom. The van der Waals surface area contributed by atoms with E-state index in [-0.39, 0.29) is 17.5 Å². The number of aromatic nitrogens is 1. The second-order valence-electron chi connectivity index (χ2n) is 5.95. The standard InChI is InChI=1S/C20H23N3O/c1-5-14(2)22-20(24)18(13-21)12-17-11-15(3)23(16(17)4)19-9-7-6-8-10-19/h6-12,14H,5H2,1-4H3,(H,22,24)/b18-12+/t14-/m1/s1. The van der Waals surface area contributed by atoms with E-state index in [1.54, 1.807) is 6.08 Å². The lowest BCUT2D eigenvalue weighted by Gasteiger charge is -2.11. The fourth-order valence-electron chi connectivity index (χ4n) is 2.62. The third-order valence-electron chi connectivity index (χ3n) is 4.14. The summed E-state index contributed by atoms with van der Waals surface area (Å²) in [5, 5.41) is 12.2. The summed E-state index contributed by atoms with van der Waals surface area (Å²) >= 11 is 0. The monoisotopic (exact) mass is 321 g/mol. The van der Waals surface area contributed by atoms with Crippen molar-refractivity contribution < 1.29 is 4.79 Å². The van der Waals surface area contributed by atoms with Gasteiger partial charge in [0.2, 0.25) is 0 Å². The first-order chi connectivity index (χ1) is 11.5. The van der Waals surface area contributed by atoms with E-state index in [2.05, 4.69) is 9.88 Å². The van der Waals surface area contributed by atoms with Gasteiger partial charge in [0.25, 0.3) is 5.91 Å². The molecule has 1 heterocycles. The summed E-state index contributed by atoms with van der Waals surface area (Å²) in [4.78, 5) is 12.2. The van der Waals surface area contributed by atoms with Crippen LogP contribution < -0.4 is 5.32 Å². The molecule has 0 fully saturated rings. The lowest BCUT2D eigenvalue weighted by Crippen LogP contribution is -2.32. The molecule has 2 rings (SSSR count). The van der Waals surface area contributed by atoms with Gasteiger partial charge < -0.3 is 9.88 Å². The van der Waals surface area contributed by atoms with Crippen molar-refractivity contribution in [3.63, 3.8) is 0 Å². The van der Waals surface area contributed by atoms with Crippen molar-refractivity contribution in [1.82, 2.24) is 9.88 Å². The molecule has 0 bridgehead atoms. The Bertz CT molecular complexity index is 794. The molecule has 0 unspecified atom stereocenters. The number of benzene rings is 1. The normalized spacial score (nSPS) is 12.5. The zero-order valence-corrected chi connectivity index (χ0v) is 14.6. The Morgan fingerprint density at radius 1 is 1.33 bits per heavy atom. The predicted octanol–water partition coefficient (Wildman–Crippen LogP) is 3.92. The van der Waals surface area contributed by atoms with Crippen LogP contribution in [-0.2, 0) is 4.79 Å². The van der Waals surface area contributed by atoms with Crippen LogP contribution in [0.4, 0.5) is 0 Å². The molecule has 0 aliphatic heterocycles.